The normalized spacial score (nSPS) is 13.2. The van der Waals surface area contributed by atoms with E-state index < -0.39 is 0 Å². The maximum absolute atomic E-state index is 3.55. The van der Waals surface area contributed by atoms with Crippen LogP contribution in [0.15, 0.2) is 36.4 Å². The summed E-state index contributed by atoms with van der Waals surface area (Å²) in [5.41, 5.74) is 5.37. The van der Waals surface area contributed by atoms with Crippen molar-refractivity contribution in [3.05, 3.63) is 53.1 Å². The van der Waals surface area contributed by atoms with E-state index >= 15 is 0 Å². The van der Waals surface area contributed by atoms with Gasteiger partial charge in [0.2, 0.25) is 0 Å². The highest BCUT2D eigenvalue weighted by Gasteiger charge is 2.15. The molecular weight excluding hydrogens is 218 g/mol. The number of hydrogen-bond acceptors (Lipinski definition) is 1. The predicted octanol–water partition coefficient (Wildman–Crippen LogP) is 4.54. The zero-order valence-electron chi connectivity index (χ0n) is 10.7. The summed E-state index contributed by atoms with van der Waals surface area (Å²) in [4.78, 5) is 0. The second-order valence-corrected chi connectivity index (χ2v) is 5.35. The van der Waals surface area contributed by atoms with Gasteiger partial charge in [0.1, 0.15) is 0 Å². The third kappa shape index (κ3) is 1.22. The number of rotatable bonds is 0. The van der Waals surface area contributed by atoms with Crippen LogP contribution in [0.2, 0.25) is 0 Å². The SMILES string of the molecule is Cc1cc2c3c(ccc4cc(C)cc(c43)NC2)c1. The molecule has 88 valence electrons. The fourth-order valence-electron chi connectivity index (χ4n) is 3.20. The summed E-state index contributed by atoms with van der Waals surface area (Å²) in [7, 11) is 0. The van der Waals surface area contributed by atoms with E-state index in [-0.39, 0.29) is 0 Å². The summed E-state index contributed by atoms with van der Waals surface area (Å²) in [6.07, 6.45) is 0. The van der Waals surface area contributed by atoms with Crippen molar-refractivity contribution in [1.82, 2.24) is 0 Å². The van der Waals surface area contributed by atoms with E-state index in [0.29, 0.717) is 0 Å². The number of nitrogens with one attached hydrogen (secondary N) is 1. The van der Waals surface area contributed by atoms with Gasteiger partial charge in [-0.1, -0.05) is 35.9 Å². The Bertz CT molecular complexity index is 731. The molecule has 1 heteroatoms. The minimum atomic E-state index is 0.938. The highest BCUT2D eigenvalue weighted by molar-refractivity contribution is 6.16. The highest BCUT2D eigenvalue weighted by Crippen LogP contribution is 2.38. The molecule has 1 N–H and O–H groups in total. The fourth-order valence-corrected chi connectivity index (χ4v) is 3.20. The summed E-state index contributed by atoms with van der Waals surface area (Å²) < 4.78 is 0. The van der Waals surface area contributed by atoms with Gasteiger partial charge in [-0.25, -0.2) is 0 Å². The van der Waals surface area contributed by atoms with Crippen LogP contribution in [-0.4, -0.2) is 0 Å². The van der Waals surface area contributed by atoms with E-state index in [9.17, 15) is 0 Å². The molecule has 0 aromatic heterocycles. The van der Waals surface area contributed by atoms with Crippen molar-refractivity contribution in [2.24, 2.45) is 0 Å². The van der Waals surface area contributed by atoms with E-state index in [0.717, 1.165) is 6.54 Å². The zero-order valence-corrected chi connectivity index (χ0v) is 10.7. The van der Waals surface area contributed by atoms with Gasteiger partial charge in [-0.3, -0.25) is 0 Å². The Morgan fingerprint density at radius 2 is 1.50 bits per heavy atom. The maximum Gasteiger partial charge on any atom is 0.0431 e. The molecule has 0 spiro atoms. The van der Waals surface area contributed by atoms with Crippen LogP contribution in [0.5, 0.6) is 0 Å². The van der Waals surface area contributed by atoms with Crippen LogP contribution in [0.1, 0.15) is 16.7 Å². The largest absolute Gasteiger partial charge is 0.380 e. The maximum atomic E-state index is 3.55. The van der Waals surface area contributed by atoms with Crippen LogP contribution in [0.3, 0.4) is 0 Å². The molecule has 1 aliphatic rings. The molecule has 4 rings (SSSR count). The predicted molar refractivity (Wildman–Crippen MR) is 78.3 cm³/mol. The van der Waals surface area contributed by atoms with Gasteiger partial charge >= 0.3 is 0 Å². The Morgan fingerprint density at radius 1 is 0.833 bits per heavy atom. The van der Waals surface area contributed by atoms with Crippen LogP contribution >= 0.6 is 0 Å². The lowest BCUT2D eigenvalue weighted by Gasteiger charge is -2.21. The van der Waals surface area contributed by atoms with Crippen LogP contribution in [0.25, 0.3) is 21.5 Å². The second-order valence-electron chi connectivity index (χ2n) is 5.35. The van der Waals surface area contributed by atoms with Crippen LogP contribution in [-0.2, 0) is 6.54 Å². The molecule has 0 aliphatic carbocycles. The quantitative estimate of drug-likeness (QED) is 0.562. The lowest BCUT2D eigenvalue weighted by Crippen LogP contribution is -2.07. The average Bonchev–Trinajstić information content (AvgIpc) is 2.34. The average molecular weight is 233 g/mol. The smallest absolute Gasteiger partial charge is 0.0431 e. The molecule has 18 heavy (non-hydrogen) atoms. The topological polar surface area (TPSA) is 12.0 Å². The zero-order chi connectivity index (χ0) is 12.3. The van der Waals surface area contributed by atoms with Crippen molar-refractivity contribution >= 4 is 27.2 Å². The van der Waals surface area contributed by atoms with Crippen molar-refractivity contribution in [2.75, 3.05) is 5.32 Å². The Balaban J connectivity index is 2.32. The first kappa shape index (κ1) is 9.95. The molecule has 0 amide bonds. The molecule has 0 bridgehead atoms. The van der Waals surface area contributed by atoms with E-state index in [1.807, 2.05) is 0 Å². The molecule has 0 unspecified atom stereocenters. The van der Waals surface area contributed by atoms with E-state index in [1.54, 1.807) is 0 Å². The first-order valence-electron chi connectivity index (χ1n) is 6.43. The molecule has 0 radical (unpaired) electrons. The minimum absolute atomic E-state index is 0.938. The molecule has 0 saturated heterocycles. The molecule has 0 fully saturated rings. The Morgan fingerprint density at radius 3 is 2.28 bits per heavy atom. The van der Waals surface area contributed by atoms with E-state index in [2.05, 4.69) is 55.6 Å². The van der Waals surface area contributed by atoms with Crippen LogP contribution in [0, 0.1) is 13.8 Å². The molecule has 0 saturated carbocycles. The number of hydrogen-bond donors (Lipinski definition) is 1. The lowest BCUT2D eigenvalue weighted by atomic mass is 9.91. The van der Waals surface area contributed by atoms with Crippen molar-refractivity contribution in [3.8, 4) is 0 Å². The number of benzene rings is 3. The Hall–Kier alpha value is -2.02. The van der Waals surface area contributed by atoms with Gasteiger partial charge in [-0.05, 0) is 47.2 Å². The van der Waals surface area contributed by atoms with Gasteiger partial charge in [0.05, 0.1) is 0 Å². The summed E-state index contributed by atoms with van der Waals surface area (Å²) in [6.45, 7) is 5.27. The first-order chi connectivity index (χ1) is 8.72. The lowest BCUT2D eigenvalue weighted by molar-refractivity contribution is 1.15. The standard InChI is InChI=1S/C17H15N/c1-10-5-12-3-4-13-6-11(2)8-15-17(13)16(12)14(7-10)9-18-15/h3-8,18H,9H2,1-2H3. The van der Waals surface area contributed by atoms with Crippen LogP contribution in [0.4, 0.5) is 5.69 Å². The van der Waals surface area contributed by atoms with E-state index in [1.165, 1.54) is 43.9 Å². The number of anilines is 1. The van der Waals surface area contributed by atoms with Crippen molar-refractivity contribution < 1.29 is 0 Å². The minimum Gasteiger partial charge on any atom is -0.380 e. The van der Waals surface area contributed by atoms with Gasteiger partial charge in [-0.15, -0.1) is 0 Å². The Kier molecular flexibility index (Phi) is 1.80. The van der Waals surface area contributed by atoms with Crippen LogP contribution < -0.4 is 5.32 Å². The Labute approximate surface area is 106 Å². The molecule has 0 atom stereocenters. The summed E-state index contributed by atoms with van der Waals surface area (Å²) in [6, 6.07) is 13.6. The molecular formula is C17H15N. The van der Waals surface area contributed by atoms with Crippen molar-refractivity contribution in [3.63, 3.8) is 0 Å². The van der Waals surface area contributed by atoms with Crippen molar-refractivity contribution in [2.45, 2.75) is 20.4 Å². The summed E-state index contributed by atoms with van der Waals surface area (Å²) >= 11 is 0. The second kappa shape index (κ2) is 3.26. The summed E-state index contributed by atoms with van der Waals surface area (Å²) in [5, 5.41) is 9.09. The van der Waals surface area contributed by atoms with Gasteiger partial charge in [0.15, 0.2) is 0 Å². The third-order valence-corrected chi connectivity index (χ3v) is 3.87. The molecule has 1 aliphatic heterocycles. The van der Waals surface area contributed by atoms with Gasteiger partial charge in [-0.2, -0.15) is 0 Å². The van der Waals surface area contributed by atoms with Crippen molar-refractivity contribution in [1.29, 1.82) is 0 Å². The highest BCUT2D eigenvalue weighted by atomic mass is 14.9. The number of aryl methyl sites for hydroxylation is 2. The van der Waals surface area contributed by atoms with Gasteiger partial charge in [0, 0.05) is 17.6 Å². The molecule has 1 nitrogen and oxygen atoms in total. The fraction of sp³-hybridized carbons (Fsp3) is 0.176. The van der Waals surface area contributed by atoms with Gasteiger partial charge in [0.25, 0.3) is 0 Å². The molecule has 3 aromatic carbocycles. The first-order valence-corrected chi connectivity index (χ1v) is 6.43. The molecule has 3 aromatic rings. The monoisotopic (exact) mass is 233 g/mol. The van der Waals surface area contributed by atoms with Gasteiger partial charge < -0.3 is 5.32 Å². The van der Waals surface area contributed by atoms with E-state index in [4.69, 9.17) is 0 Å². The third-order valence-electron chi connectivity index (χ3n) is 3.87. The summed E-state index contributed by atoms with van der Waals surface area (Å²) in [5.74, 6) is 0. The molecule has 1 heterocycles.